The van der Waals surface area contributed by atoms with E-state index in [0.717, 1.165) is 9.96 Å². The summed E-state index contributed by atoms with van der Waals surface area (Å²) in [5.41, 5.74) is -0.316. The minimum absolute atomic E-state index is 0. The van der Waals surface area contributed by atoms with Crippen molar-refractivity contribution in [1.82, 2.24) is 20.0 Å². The van der Waals surface area contributed by atoms with E-state index in [1.807, 2.05) is 30.3 Å². The molecule has 4 rings (SSSR count). The molecule has 28 heavy (non-hydrogen) atoms. The molecule has 3 N–H and O–H groups in total. The summed E-state index contributed by atoms with van der Waals surface area (Å²) < 4.78 is 15.9. The Morgan fingerprint density at radius 2 is 2.07 bits per heavy atom. The number of aromatic nitrogens is 2. The number of aliphatic hydroxyl groups excluding tert-OH is 1. The molecule has 148 valence electrons. The first kappa shape index (κ1) is 20.5. The molecule has 1 aliphatic rings. The number of nitrogens with one attached hydrogen (secondary N) is 2. The Morgan fingerprint density at radius 1 is 1.32 bits per heavy atom. The first-order valence-corrected chi connectivity index (χ1v) is 8.99. The third kappa shape index (κ3) is 3.46. The van der Waals surface area contributed by atoms with E-state index >= 15 is 0 Å². The highest BCUT2D eigenvalue weighted by Crippen LogP contribution is 2.31. The quantitative estimate of drug-likeness (QED) is 0.603. The molecule has 1 aromatic carbocycles. The Labute approximate surface area is 172 Å². The minimum Gasteiger partial charge on any atom is -0.389 e. The van der Waals surface area contributed by atoms with Gasteiger partial charge in [0, 0.05) is 12.7 Å². The molecular weight excluding hydrogens is 406 g/mol. The fraction of sp³-hybridized carbons (Fsp3) is 0.263. The number of piperidine rings is 1. The predicted molar refractivity (Wildman–Crippen MR) is 106 cm³/mol. The molecule has 0 unspecified atom stereocenters. The lowest BCUT2D eigenvalue weighted by molar-refractivity contribution is 0.0286. The molecule has 6 nitrogen and oxygen atoms in total. The van der Waals surface area contributed by atoms with E-state index in [1.165, 1.54) is 12.3 Å². The molecule has 1 aliphatic heterocycles. The monoisotopic (exact) mass is 424 g/mol. The molecule has 2 atom stereocenters. The van der Waals surface area contributed by atoms with Gasteiger partial charge in [-0.1, -0.05) is 41.9 Å². The van der Waals surface area contributed by atoms with Gasteiger partial charge in [-0.05, 0) is 30.7 Å². The number of rotatable bonds is 3. The van der Waals surface area contributed by atoms with E-state index in [9.17, 15) is 14.3 Å². The zero-order valence-electron chi connectivity index (χ0n) is 14.7. The third-order valence-electron chi connectivity index (χ3n) is 4.97. The highest BCUT2D eigenvalue weighted by molar-refractivity contribution is 6.30. The van der Waals surface area contributed by atoms with Crippen molar-refractivity contribution in [2.24, 2.45) is 0 Å². The van der Waals surface area contributed by atoms with Gasteiger partial charge in [0.05, 0.1) is 16.7 Å². The maximum Gasteiger partial charge on any atom is 0.275 e. The second-order valence-electron chi connectivity index (χ2n) is 6.59. The second kappa shape index (κ2) is 8.05. The molecule has 0 spiro atoms. The maximum atomic E-state index is 14.7. The van der Waals surface area contributed by atoms with Crippen molar-refractivity contribution >= 4 is 35.6 Å². The van der Waals surface area contributed by atoms with Crippen molar-refractivity contribution in [2.75, 3.05) is 13.1 Å². The molecule has 2 aromatic heterocycles. The summed E-state index contributed by atoms with van der Waals surface area (Å²) in [5.74, 6) is -1.48. The summed E-state index contributed by atoms with van der Waals surface area (Å²) in [5, 5.41) is 17.0. The molecule has 1 fully saturated rings. The number of amides is 1. The summed E-state index contributed by atoms with van der Waals surface area (Å²) in [6.07, 6.45) is 0.958. The van der Waals surface area contributed by atoms with E-state index in [2.05, 4.69) is 15.6 Å². The summed E-state index contributed by atoms with van der Waals surface area (Å²) in [6, 6.07) is 12.3. The van der Waals surface area contributed by atoms with Gasteiger partial charge in [0.2, 0.25) is 5.95 Å². The van der Waals surface area contributed by atoms with Gasteiger partial charge < -0.3 is 15.7 Å². The minimum atomic E-state index is -1.02. The first-order chi connectivity index (χ1) is 13.0. The average Bonchev–Trinajstić information content (AvgIpc) is 3.01. The molecule has 0 saturated carbocycles. The summed E-state index contributed by atoms with van der Waals surface area (Å²) in [7, 11) is 0. The zero-order valence-corrected chi connectivity index (χ0v) is 16.3. The second-order valence-corrected chi connectivity index (χ2v) is 7.02. The molecule has 3 heterocycles. The van der Waals surface area contributed by atoms with Gasteiger partial charge in [0.1, 0.15) is 5.65 Å². The third-order valence-corrected chi connectivity index (χ3v) is 5.19. The Kier molecular flexibility index (Phi) is 5.90. The number of β-amino-alcohol motifs (C(OH)–C–C–N with tert-alkyl or cyclic N) is 1. The van der Waals surface area contributed by atoms with Crippen LogP contribution in [-0.2, 0) is 5.54 Å². The molecule has 3 aromatic rings. The van der Waals surface area contributed by atoms with Crippen LogP contribution in [0.25, 0.3) is 5.65 Å². The SMILES string of the molecule is Cl.O=C(N[C@]1(c2ccccc2)CCNC[C@H]1O)c1nc2ccc(Cl)cn2c1F. The lowest BCUT2D eigenvalue weighted by Crippen LogP contribution is -2.61. The van der Waals surface area contributed by atoms with E-state index in [-0.39, 0.29) is 23.7 Å². The van der Waals surface area contributed by atoms with Gasteiger partial charge in [0.15, 0.2) is 5.69 Å². The van der Waals surface area contributed by atoms with E-state index in [4.69, 9.17) is 11.6 Å². The van der Waals surface area contributed by atoms with Crippen LogP contribution in [-0.4, -0.2) is 39.6 Å². The number of carbonyl (C=O) groups excluding carboxylic acids is 1. The van der Waals surface area contributed by atoms with Gasteiger partial charge in [-0.25, -0.2) is 4.98 Å². The topological polar surface area (TPSA) is 78.7 Å². The van der Waals surface area contributed by atoms with Gasteiger partial charge >= 0.3 is 0 Å². The maximum absolute atomic E-state index is 14.7. The van der Waals surface area contributed by atoms with Crippen LogP contribution in [0.5, 0.6) is 0 Å². The number of nitrogens with zero attached hydrogens (tertiary/aromatic N) is 2. The predicted octanol–water partition coefficient (Wildman–Crippen LogP) is 2.53. The molecule has 1 amide bonds. The van der Waals surface area contributed by atoms with E-state index in [1.54, 1.807) is 6.07 Å². The van der Waals surface area contributed by atoms with Crippen molar-refractivity contribution in [3.63, 3.8) is 0 Å². The zero-order chi connectivity index (χ0) is 19.0. The Balaban J connectivity index is 0.00000225. The van der Waals surface area contributed by atoms with Crippen LogP contribution in [0.4, 0.5) is 4.39 Å². The number of fused-ring (bicyclic) bond motifs is 1. The largest absolute Gasteiger partial charge is 0.389 e. The first-order valence-electron chi connectivity index (χ1n) is 8.61. The molecule has 0 aliphatic carbocycles. The van der Waals surface area contributed by atoms with Gasteiger partial charge in [-0.3, -0.25) is 9.20 Å². The number of benzene rings is 1. The summed E-state index contributed by atoms with van der Waals surface area (Å²) in [6.45, 7) is 0.925. The van der Waals surface area contributed by atoms with Gasteiger partial charge in [-0.15, -0.1) is 12.4 Å². The lowest BCUT2D eigenvalue weighted by atomic mass is 9.79. The van der Waals surface area contributed by atoms with Crippen molar-refractivity contribution in [1.29, 1.82) is 0 Å². The highest BCUT2D eigenvalue weighted by atomic mass is 35.5. The van der Waals surface area contributed by atoms with Crippen molar-refractivity contribution in [3.05, 3.63) is 70.9 Å². The number of imidazole rings is 1. The fourth-order valence-corrected chi connectivity index (χ4v) is 3.71. The van der Waals surface area contributed by atoms with Gasteiger partial charge in [0.25, 0.3) is 5.91 Å². The van der Waals surface area contributed by atoms with Crippen LogP contribution >= 0.6 is 24.0 Å². The Hall–Kier alpha value is -2.19. The summed E-state index contributed by atoms with van der Waals surface area (Å²) in [4.78, 5) is 17.0. The van der Waals surface area contributed by atoms with Crippen molar-refractivity contribution < 1.29 is 14.3 Å². The van der Waals surface area contributed by atoms with Crippen LogP contribution in [0, 0.1) is 5.95 Å². The normalized spacial score (nSPS) is 21.9. The number of hydrogen-bond acceptors (Lipinski definition) is 4. The Morgan fingerprint density at radius 3 is 2.79 bits per heavy atom. The van der Waals surface area contributed by atoms with Crippen molar-refractivity contribution in [2.45, 2.75) is 18.1 Å². The van der Waals surface area contributed by atoms with Crippen molar-refractivity contribution in [3.8, 4) is 0 Å². The Bertz CT molecular complexity index is 998. The number of aliphatic hydroxyl groups is 1. The number of pyridine rings is 1. The van der Waals surface area contributed by atoms with Crippen LogP contribution in [0.15, 0.2) is 48.7 Å². The van der Waals surface area contributed by atoms with Crippen LogP contribution in [0.1, 0.15) is 22.5 Å². The number of hydrogen-bond donors (Lipinski definition) is 3. The molecular formula is C19H19Cl2FN4O2. The average molecular weight is 425 g/mol. The molecule has 0 bridgehead atoms. The van der Waals surface area contributed by atoms with Crippen LogP contribution in [0.2, 0.25) is 5.02 Å². The van der Waals surface area contributed by atoms with E-state index < -0.39 is 23.5 Å². The smallest absolute Gasteiger partial charge is 0.275 e. The van der Waals surface area contributed by atoms with Crippen LogP contribution < -0.4 is 10.6 Å². The van der Waals surface area contributed by atoms with Gasteiger partial charge in [-0.2, -0.15) is 4.39 Å². The lowest BCUT2D eigenvalue weighted by Gasteiger charge is -2.42. The van der Waals surface area contributed by atoms with E-state index in [0.29, 0.717) is 24.5 Å². The number of carbonyl (C=O) groups is 1. The fourth-order valence-electron chi connectivity index (χ4n) is 3.55. The molecule has 1 saturated heterocycles. The summed E-state index contributed by atoms with van der Waals surface area (Å²) >= 11 is 5.90. The standard InChI is InChI=1S/C19H18ClFN4O2.ClH/c20-13-6-7-15-23-16(17(21)25(15)11-13)18(27)24-19(8-9-22-10-14(19)26)12-4-2-1-3-5-12;/h1-7,11,14,22,26H,8-10H2,(H,24,27);1H/t14-,19+;/m1./s1. The molecule has 9 heteroatoms. The number of halogens is 3. The van der Waals surface area contributed by atoms with Crippen LogP contribution in [0.3, 0.4) is 0 Å². The highest BCUT2D eigenvalue weighted by Gasteiger charge is 2.43. The molecule has 0 radical (unpaired) electrons.